The monoisotopic (exact) mass is 362 g/mol. The zero-order chi connectivity index (χ0) is 18.1. The van der Waals surface area contributed by atoms with E-state index in [2.05, 4.69) is 5.32 Å². The predicted octanol–water partition coefficient (Wildman–Crippen LogP) is 2.80. The van der Waals surface area contributed by atoms with Crippen molar-refractivity contribution in [3.63, 3.8) is 0 Å². The topological polar surface area (TPSA) is 108 Å². The minimum Gasteiger partial charge on any atom is -0.445 e. The van der Waals surface area contributed by atoms with E-state index >= 15 is 0 Å². The number of esters is 1. The molecule has 2 rings (SSSR count). The first-order valence-corrected chi connectivity index (χ1v) is 7.88. The maximum absolute atomic E-state index is 11.6. The van der Waals surface area contributed by atoms with Crippen molar-refractivity contribution in [2.45, 2.75) is 11.5 Å². The Morgan fingerprint density at radius 2 is 1.76 bits per heavy atom. The van der Waals surface area contributed by atoms with Crippen LogP contribution in [0, 0.1) is 10.1 Å². The third-order valence-corrected chi connectivity index (χ3v) is 3.46. The van der Waals surface area contributed by atoms with Gasteiger partial charge in [-0.15, -0.1) is 0 Å². The number of amides is 1. The Kier molecular flexibility index (Phi) is 6.78. The van der Waals surface area contributed by atoms with Gasteiger partial charge in [0, 0.05) is 0 Å². The van der Waals surface area contributed by atoms with E-state index in [1.807, 2.05) is 30.3 Å². The lowest BCUT2D eigenvalue weighted by atomic mass is 10.2. The van der Waals surface area contributed by atoms with Gasteiger partial charge in [-0.05, 0) is 29.8 Å². The van der Waals surface area contributed by atoms with Gasteiger partial charge in [-0.25, -0.2) is 9.59 Å². The SMILES string of the molecule is O=C(CNC(=O)OCc1ccccc1)Oc1ccc(S[N+](=O)[O-])cc1. The van der Waals surface area contributed by atoms with Gasteiger partial charge in [0.15, 0.2) is 0 Å². The molecular weight excluding hydrogens is 348 g/mol. The number of nitro groups is 1. The summed E-state index contributed by atoms with van der Waals surface area (Å²) >= 11 is 0.452. The van der Waals surface area contributed by atoms with Gasteiger partial charge < -0.3 is 14.8 Å². The highest BCUT2D eigenvalue weighted by Crippen LogP contribution is 2.21. The van der Waals surface area contributed by atoms with Crippen LogP contribution in [-0.2, 0) is 16.1 Å². The minimum atomic E-state index is -0.737. The summed E-state index contributed by atoms with van der Waals surface area (Å²) in [5, 5.41) is 12.6. The predicted molar refractivity (Wildman–Crippen MR) is 89.6 cm³/mol. The van der Waals surface area contributed by atoms with Crippen molar-refractivity contribution < 1.29 is 23.4 Å². The third-order valence-electron chi connectivity index (χ3n) is 2.83. The minimum absolute atomic E-state index is 0.0945. The van der Waals surface area contributed by atoms with E-state index in [-0.39, 0.29) is 18.9 Å². The lowest BCUT2D eigenvalue weighted by molar-refractivity contribution is -0.284. The Bertz CT molecular complexity index is 736. The number of rotatable bonds is 7. The van der Waals surface area contributed by atoms with Crippen LogP contribution in [0.15, 0.2) is 59.5 Å². The van der Waals surface area contributed by atoms with Crippen molar-refractivity contribution in [3.05, 3.63) is 70.3 Å². The second-order valence-electron chi connectivity index (χ2n) is 4.68. The van der Waals surface area contributed by atoms with E-state index in [4.69, 9.17) is 9.47 Å². The smallest absolute Gasteiger partial charge is 0.407 e. The molecule has 0 aromatic heterocycles. The Morgan fingerprint density at radius 1 is 1.08 bits per heavy atom. The highest BCUT2D eigenvalue weighted by molar-refractivity contribution is 7.93. The number of nitrogens with zero attached hydrogens (tertiary/aromatic N) is 1. The molecule has 2 aromatic rings. The molecule has 0 heterocycles. The summed E-state index contributed by atoms with van der Waals surface area (Å²) in [5.74, 6) is -0.469. The van der Waals surface area contributed by atoms with E-state index in [1.165, 1.54) is 24.3 Å². The number of ether oxygens (including phenoxy) is 2. The van der Waals surface area contributed by atoms with E-state index in [1.54, 1.807) is 0 Å². The molecule has 130 valence electrons. The fourth-order valence-electron chi connectivity index (χ4n) is 1.74. The van der Waals surface area contributed by atoms with Crippen LogP contribution in [0.4, 0.5) is 4.79 Å². The Hall–Kier alpha value is -3.07. The number of hydrogen-bond acceptors (Lipinski definition) is 7. The number of nitrogens with one attached hydrogen (secondary N) is 1. The molecule has 25 heavy (non-hydrogen) atoms. The molecule has 0 aliphatic heterocycles. The summed E-state index contributed by atoms with van der Waals surface area (Å²) in [6.45, 7) is -0.268. The maximum atomic E-state index is 11.6. The number of hydrogen-bond donors (Lipinski definition) is 1. The van der Waals surface area contributed by atoms with Crippen molar-refractivity contribution in [1.29, 1.82) is 0 Å². The summed E-state index contributed by atoms with van der Waals surface area (Å²) < 4.78 is 9.42. The van der Waals surface area contributed by atoms with Crippen LogP contribution in [0.1, 0.15) is 5.56 Å². The first-order valence-electron chi connectivity index (χ1n) is 7.10. The first-order chi connectivity index (χ1) is 12.0. The molecule has 0 spiro atoms. The van der Waals surface area contributed by atoms with Crippen molar-refractivity contribution in [3.8, 4) is 5.75 Å². The van der Waals surface area contributed by atoms with Gasteiger partial charge in [0.05, 0.1) is 4.90 Å². The first kappa shape index (κ1) is 18.3. The summed E-state index contributed by atoms with van der Waals surface area (Å²) in [5.41, 5.74) is 0.827. The molecule has 2 aromatic carbocycles. The van der Waals surface area contributed by atoms with E-state index < -0.39 is 16.4 Å². The van der Waals surface area contributed by atoms with Gasteiger partial charge in [-0.3, -0.25) is 10.1 Å². The number of benzene rings is 2. The van der Waals surface area contributed by atoms with Gasteiger partial charge in [-0.1, -0.05) is 30.3 Å². The largest absolute Gasteiger partial charge is 0.445 e. The van der Waals surface area contributed by atoms with Crippen LogP contribution in [0.3, 0.4) is 0 Å². The highest BCUT2D eigenvalue weighted by Gasteiger charge is 2.10. The Morgan fingerprint density at radius 3 is 2.40 bits per heavy atom. The molecule has 1 amide bonds. The highest BCUT2D eigenvalue weighted by atomic mass is 32.2. The van der Waals surface area contributed by atoms with Crippen LogP contribution in [0.25, 0.3) is 0 Å². The molecule has 0 atom stereocenters. The molecule has 0 saturated carbocycles. The molecule has 0 aliphatic carbocycles. The Balaban J connectivity index is 1.71. The lowest BCUT2D eigenvalue weighted by Gasteiger charge is -2.07. The molecular formula is C16H14N2O6S. The molecule has 0 aliphatic rings. The third kappa shape index (κ3) is 6.92. The average Bonchev–Trinajstić information content (AvgIpc) is 2.60. The second kappa shape index (κ2) is 9.28. The molecule has 0 radical (unpaired) electrons. The molecule has 0 saturated heterocycles. The van der Waals surface area contributed by atoms with Crippen molar-refractivity contribution >= 4 is 24.0 Å². The van der Waals surface area contributed by atoms with E-state index in [0.29, 0.717) is 16.8 Å². The van der Waals surface area contributed by atoms with Crippen LogP contribution in [0.5, 0.6) is 5.75 Å². The quantitative estimate of drug-likeness (QED) is 0.265. The zero-order valence-corrected chi connectivity index (χ0v) is 13.7. The van der Waals surface area contributed by atoms with Crippen LogP contribution >= 0.6 is 11.9 Å². The van der Waals surface area contributed by atoms with Gasteiger partial charge in [0.2, 0.25) is 0 Å². The van der Waals surface area contributed by atoms with E-state index in [0.717, 1.165) is 5.56 Å². The molecule has 8 nitrogen and oxygen atoms in total. The van der Waals surface area contributed by atoms with Gasteiger partial charge in [-0.2, -0.15) is 0 Å². The lowest BCUT2D eigenvalue weighted by Crippen LogP contribution is -2.32. The standard InChI is InChI=1S/C16H14N2O6S/c19-15(24-13-6-8-14(9-7-13)25-18(21)22)10-17-16(20)23-11-12-4-2-1-3-5-12/h1-9H,10-11H2,(H,17,20). The van der Waals surface area contributed by atoms with E-state index in [9.17, 15) is 19.7 Å². The Labute approximate surface area is 147 Å². The summed E-state index contributed by atoms with van der Waals surface area (Å²) in [6.07, 6.45) is -0.737. The number of alkyl carbamates (subject to hydrolysis) is 1. The fraction of sp³-hybridized carbons (Fsp3) is 0.125. The molecule has 9 heteroatoms. The van der Waals surface area contributed by atoms with Gasteiger partial charge in [0.25, 0.3) is 11.9 Å². The number of carbonyl (C=O) groups is 2. The van der Waals surface area contributed by atoms with Crippen LogP contribution < -0.4 is 10.1 Å². The maximum Gasteiger partial charge on any atom is 0.407 e. The molecule has 0 unspecified atom stereocenters. The molecule has 0 fully saturated rings. The van der Waals surface area contributed by atoms with Gasteiger partial charge in [0.1, 0.15) is 23.2 Å². The summed E-state index contributed by atoms with van der Waals surface area (Å²) in [6, 6.07) is 14.9. The van der Waals surface area contributed by atoms with Crippen LogP contribution in [0.2, 0.25) is 0 Å². The summed E-state index contributed by atoms with van der Waals surface area (Å²) in [4.78, 5) is 33.9. The van der Waals surface area contributed by atoms with Gasteiger partial charge >= 0.3 is 12.1 Å². The molecule has 0 bridgehead atoms. The normalized spacial score (nSPS) is 9.92. The fourth-order valence-corrected chi connectivity index (χ4v) is 2.17. The van der Waals surface area contributed by atoms with Crippen LogP contribution in [-0.4, -0.2) is 22.9 Å². The van der Waals surface area contributed by atoms with Crippen molar-refractivity contribution in [1.82, 2.24) is 5.32 Å². The van der Waals surface area contributed by atoms with Crippen molar-refractivity contribution in [2.75, 3.05) is 6.54 Å². The average molecular weight is 362 g/mol. The summed E-state index contributed by atoms with van der Waals surface area (Å²) in [7, 11) is 0. The number of carbonyl (C=O) groups excluding carboxylic acids is 2. The van der Waals surface area contributed by atoms with Crippen molar-refractivity contribution in [2.24, 2.45) is 0 Å². The molecule has 1 N–H and O–H groups in total. The second-order valence-corrected chi connectivity index (χ2v) is 5.63. The zero-order valence-electron chi connectivity index (χ0n) is 12.9.